The summed E-state index contributed by atoms with van der Waals surface area (Å²) in [6, 6.07) is 0.271. The lowest BCUT2D eigenvalue weighted by Gasteiger charge is -2.21. The molecule has 1 atom stereocenters. The molecule has 0 aromatic carbocycles. The van der Waals surface area contributed by atoms with E-state index in [0.29, 0.717) is 0 Å². The quantitative estimate of drug-likeness (QED) is 0.764. The molecule has 2 rings (SSSR count). The van der Waals surface area contributed by atoms with E-state index < -0.39 is 5.54 Å². The molecule has 1 aliphatic heterocycles. The van der Waals surface area contributed by atoms with E-state index in [1.54, 1.807) is 0 Å². The Labute approximate surface area is 88.3 Å². The Balaban J connectivity index is 2.03. The Morgan fingerprint density at radius 3 is 3.07 bits per heavy atom. The van der Waals surface area contributed by atoms with Gasteiger partial charge in [-0.05, 0) is 33.2 Å². The number of amides is 1. The molecule has 0 bridgehead atoms. The summed E-state index contributed by atoms with van der Waals surface area (Å²) < 4.78 is 5.07. The lowest BCUT2D eigenvalue weighted by atomic mass is 10.00. The fourth-order valence-electron chi connectivity index (χ4n) is 1.73. The van der Waals surface area contributed by atoms with Crippen LogP contribution in [0.15, 0.2) is 10.7 Å². The first-order chi connectivity index (χ1) is 7.10. The average molecular weight is 209 g/mol. The first-order valence-corrected chi connectivity index (χ1v) is 5.09. The fraction of sp³-hybridized carbons (Fsp3) is 0.600. The Morgan fingerprint density at radius 2 is 2.53 bits per heavy atom. The van der Waals surface area contributed by atoms with Crippen LogP contribution in [0.2, 0.25) is 0 Å². The van der Waals surface area contributed by atoms with Crippen LogP contribution in [0.1, 0.15) is 25.5 Å². The Kier molecular flexibility index (Phi) is 2.48. The van der Waals surface area contributed by atoms with E-state index in [-0.39, 0.29) is 11.9 Å². The zero-order chi connectivity index (χ0) is 10.9. The molecule has 1 fully saturated rings. The highest BCUT2D eigenvalue weighted by molar-refractivity contribution is 5.96. The number of aromatic nitrogens is 1. The third-order valence-corrected chi connectivity index (χ3v) is 2.71. The van der Waals surface area contributed by atoms with E-state index in [1.807, 2.05) is 13.8 Å². The Morgan fingerprint density at radius 1 is 1.73 bits per heavy atom. The van der Waals surface area contributed by atoms with Gasteiger partial charge in [-0.25, -0.2) is 0 Å². The zero-order valence-electron chi connectivity index (χ0n) is 8.96. The van der Waals surface area contributed by atoms with Gasteiger partial charge in [0.15, 0.2) is 0 Å². The van der Waals surface area contributed by atoms with Crippen molar-refractivity contribution < 1.29 is 9.21 Å². The molecule has 1 saturated heterocycles. The van der Waals surface area contributed by atoms with E-state index >= 15 is 0 Å². The van der Waals surface area contributed by atoms with Gasteiger partial charge < -0.3 is 9.73 Å². The first-order valence-electron chi connectivity index (χ1n) is 5.09. The lowest BCUT2D eigenvalue weighted by Crippen LogP contribution is -2.48. The van der Waals surface area contributed by atoms with Crippen LogP contribution in [0, 0.1) is 6.92 Å². The zero-order valence-corrected chi connectivity index (χ0v) is 8.96. The maximum atomic E-state index is 11.9. The molecule has 2 N–H and O–H groups in total. The summed E-state index contributed by atoms with van der Waals surface area (Å²) in [7, 11) is 0. The van der Waals surface area contributed by atoms with Crippen molar-refractivity contribution in [3.63, 3.8) is 0 Å². The molecule has 1 aromatic rings. The number of aryl methyl sites for hydroxylation is 1. The maximum Gasteiger partial charge on any atom is 0.301 e. The second kappa shape index (κ2) is 3.66. The van der Waals surface area contributed by atoms with Crippen LogP contribution in [-0.4, -0.2) is 23.0 Å². The Hall–Kier alpha value is -1.36. The van der Waals surface area contributed by atoms with Crippen LogP contribution < -0.4 is 10.6 Å². The van der Waals surface area contributed by atoms with Gasteiger partial charge >= 0.3 is 6.01 Å². The minimum Gasteiger partial charge on any atom is -0.432 e. The van der Waals surface area contributed by atoms with Crippen molar-refractivity contribution in [1.82, 2.24) is 10.3 Å². The van der Waals surface area contributed by atoms with Gasteiger partial charge in [0, 0.05) is 0 Å². The highest BCUT2D eigenvalue weighted by Crippen LogP contribution is 2.20. The number of hydrogen-bond acceptors (Lipinski definition) is 4. The topological polar surface area (TPSA) is 67.2 Å². The SMILES string of the molecule is Cc1coc(NC(=O)C2(C)CCCN2)n1. The van der Waals surface area contributed by atoms with Gasteiger partial charge in [0.2, 0.25) is 5.91 Å². The smallest absolute Gasteiger partial charge is 0.301 e. The fourth-order valence-corrected chi connectivity index (χ4v) is 1.73. The summed E-state index contributed by atoms with van der Waals surface area (Å²) in [5.41, 5.74) is 0.275. The van der Waals surface area contributed by atoms with Gasteiger partial charge in [0.05, 0.1) is 11.2 Å². The number of anilines is 1. The molecular formula is C10H15N3O2. The largest absolute Gasteiger partial charge is 0.432 e. The molecule has 1 amide bonds. The second-order valence-electron chi connectivity index (χ2n) is 4.11. The first kappa shape index (κ1) is 10.2. The third kappa shape index (κ3) is 2.02. The molecule has 0 radical (unpaired) electrons. The van der Waals surface area contributed by atoms with Crippen LogP contribution in [0.5, 0.6) is 0 Å². The van der Waals surface area contributed by atoms with Crippen molar-refractivity contribution >= 4 is 11.9 Å². The van der Waals surface area contributed by atoms with Gasteiger partial charge in [0.1, 0.15) is 6.26 Å². The number of carbonyl (C=O) groups excluding carboxylic acids is 1. The van der Waals surface area contributed by atoms with Crippen LogP contribution in [0.25, 0.3) is 0 Å². The standard InChI is InChI=1S/C10H15N3O2/c1-7-6-15-9(12-7)13-8(14)10(2)4-3-5-11-10/h6,11H,3-5H2,1-2H3,(H,12,13,14). The van der Waals surface area contributed by atoms with E-state index in [2.05, 4.69) is 15.6 Å². The number of rotatable bonds is 2. The van der Waals surface area contributed by atoms with Crippen LogP contribution in [0.4, 0.5) is 6.01 Å². The summed E-state index contributed by atoms with van der Waals surface area (Å²) in [5, 5.41) is 5.84. The monoisotopic (exact) mass is 209 g/mol. The summed E-state index contributed by atoms with van der Waals surface area (Å²) in [4.78, 5) is 15.9. The lowest BCUT2D eigenvalue weighted by molar-refractivity contribution is -0.121. The minimum atomic E-state index is -0.484. The average Bonchev–Trinajstić information content (AvgIpc) is 2.76. The molecular weight excluding hydrogens is 194 g/mol. The normalized spacial score (nSPS) is 25.5. The van der Waals surface area contributed by atoms with E-state index in [0.717, 1.165) is 25.1 Å². The molecule has 2 heterocycles. The summed E-state index contributed by atoms with van der Waals surface area (Å²) in [6.45, 7) is 4.59. The molecule has 1 aliphatic rings. The minimum absolute atomic E-state index is 0.0816. The molecule has 5 nitrogen and oxygen atoms in total. The molecule has 5 heteroatoms. The summed E-state index contributed by atoms with van der Waals surface area (Å²) >= 11 is 0. The van der Waals surface area contributed by atoms with E-state index in [1.165, 1.54) is 6.26 Å². The van der Waals surface area contributed by atoms with Gasteiger partial charge in [-0.2, -0.15) is 4.98 Å². The molecule has 1 aromatic heterocycles. The summed E-state index contributed by atoms with van der Waals surface area (Å²) in [6.07, 6.45) is 3.38. The van der Waals surface area contributed by atoms with Crippen LogP contribution in [-0.2, 0) is 4.79 Å². The highest BCUT2D eigenvalue weighted by Gasteiger charge is 2.36. The molecule has 0 aliphatic carbocycles. The molecule has 1 unspecified atom stereocenters. The maximum absolute atomic E-state index is 11.9. The number of carbonyl (C=O) groups is 1. The predicted molar refractivity (Wildman–Crippen MR) is 55.5 cm³/mol. The molecule has 0 spiro atoms. The molecule has 82 valence electrons. The van der Waals surface area contributed by atoms with Crippen molar-refractivity contribution in [2.75, 3.05) is 11.9 Å². The van der Waals surface area contributed by atoms with Gasteiger partial charge in [-0.15, -0.1) is 0 Å². The third-order valence-electron chi connectivity index (χ3n) is 2.71. The highest BCUT2D eigenvalue weighted by atomic mass is 16.4. The van der Waals surface area contributed by atoms with Gasteiger partial charge in [0.25, 0.3) is 0 Å². The van der Waals surface area contributed by atoms with Crippen molar-refractivity contribution in [3.05, 3.63) is 12.0 Å². The number of nitrogens with zero attached hydrogens (tertiary/aromatic N) is 1. The second-order valence-corrected chi connectivity index (χ2v) is 4.11. The number of oxazole rings is 1. The van der Waals surface area contributed by atoms with E-state index in [4.69, 9.17) is 4.42 Å². The molecule has 15 heavy (non-hydrogen) atoms. The van der Waals surface area contributed by atoms with Crippen molar-refractivity contribution in [2.45, 2.75) is 32.2 Å². The predicted octanol–water partition coefficient (Wildman–Crippen LogP) is 1.06. The van der Waals surface area contributed by atoms with Gasteiger partial charge in [-0.3, -0.25) is 10.1 Å². The van der Waals surface area contributed by atoms with Crippen molar-refractivity contribution in [3.8, 4) is 0 Å². The van der Waals surface area contributed by atoms with Crippen LogP contribution >= 0.6 is 0 Å². The molecule has 0 saturated carbocycles. The van der Waals surface area contributed by atoms with Crippen molar-refractivity contribution in [2.24, 2.45) is 0 Å². The van der Waals surface area contributed by atoms with Crippen molar-refractivity contribution in [1.29, 1.82) is 0 Å². The van der Waals surface area contributed by atoms with E-state index in [9.17, 15) is 4.79 Å². The van der Waals surface area contributed by atoms with Gasteiger partial charge in [-0.1, -0.05) is 0 Å². The Bertz CT molecular complexity index is 366. The van der Waals surface area contributed by atoms with Crippen LogP contribution in [0.3, 0.4) is 0 Å². The summed E-state index contributed by atoms with van der Waals surface area (Å²) in [5.74, 6) is -0.0816. The number of hydrogen-bond donors (Lipinski definition) is 2. The number of nitrogens with one attached hydrogen (secondary N) is 2.